The number of nitrogens with zero attached hydrogens (tertiary/aromatic N) is 1. The van der Waals surface area contributed by atoms with E-state index in [0.29, 0.717) is 12.2 Å². The first-order valence-electron chi connectivity index (χ1n) is 8.84. The molecule has 2 saturated heterocycles. The molecule has 0 aromatic heterocycles. The lowest BCUT2D eigenvalue weighted by Crippen LogP contribution is -2.46. The molecule has 2 atom stereocenters. The van der Waals surface area contributed by atoms with Crippen molar-refractivity contribution in [3.8, 4) is 0 Å². The van der Waals surface area contributed by atoms with Gasteiger partial charge in [-0.05, 0) is 30.0 Å². The Balaban J connectivity index is 1.54. The summed E-state index contributed by atoms with van der Waals surface area (Å²) < 4.78 is 5.58. The average molecular weight is 367 g/mol. The van der Waals surface area contributed by atoms with E-state index in [-0.39, 0.29) is 18.5 Å². The van der Waals surface area contributed by atoms with E-state index in [9.17, 15) is 9.59 Å². The third-order valence-corrected chi connectivity index (χ3v) is 6.85. The molecule has 2 fully saturated rings. The second kappa shape index (κ2) is 6.80. The molecule has 2 aromatic rings. The topological polar surface area (TPSA) is 46.6 Å². The molecule has 0 aliphatic carbocycles. The number of hydrogen-bond acceptors (Lipinski definition) is 4. The lowest BCUT2D eigenvalue weighted by Gasteiger charge is -2.33. The van der Waals surface area contributed by atoms with E-state index < -0.39 is 10.9 Å². The number of ether oxygens (including phenoxy) is 1. The number of thioether (sulfide) groups is 1. The number of benzene rings is 2. The van der Waals surface area contributed by atoms with Gasteiger partial charge in [0.05, 0.1) is 0 Å². The molecular weight excluding hydrogens is 346 g/mol. The molecule has 4 rings (SSSR count). The van der Waals surface area contributed by atoms with Crippen LogP contribution in [0.2, 0.25) is 0 Å². The predicted octanol–water partition coefficient (Wildman–Crippen LogP) is 3.63. The highest BCUT2D eigenvalue weighted by molar-refractivity contribution is 8.00. The number of fused-ring (bicyclic) bond motifs is 1. The van der Waals surface area contributed by atoms with Gasteiger partial charge in [-0.15, -0.1) is 11.8 Å². The van der Waals surface area contributed by atoms with Gasteiger partial charge in [-0.2, -0.15) is 0 Å². The van der Waals surface area contributed by atoms with Crippen LogP contribution in [0, 0.1) is 6.92 Å². The Morgan fingerprint density at radius 3 is 2.69 bits per heavy atom. The Labute approximate surface area is 157 Å². The molecule has 0 spiro atoms. The third-order valence-electron chi connectivity index (χ3n) is 5.26. The summed E-state index contributed by atoms with van der Waals surface area (Å²) in [5.41, 5.74) is 3.18. The van der Waals surface area contributed by atoms with Crippen molar-refractivity contribution in [3.63, 3.8) is 0 Å². The van der Waals surface area contributed by atoms with Crippen LogP contribution in [0.1, 0.15) is 29.5 Å². The van der Waals surface area contributed by atoms with E-state index in [0.717, 1.165) is 23.1 Å². The van der Waals surface area contributed by atoms with Gasteiger partial charge in [-0.1, -0.05) is 54.6 Å². The highest BCUT2D eigenvalue weighted by atomic mass is 32.2. The summed E-state index contributed by atoms with van der Waals surface area (Å²) in [7, 11) is 0. The van der Waals surface area contributed by atoms with Crippen LogP contribution in [-0.4, -0.2) is 28.6 Å². The quantitative estimate of drug-likeness (QED) is 0.774. The molecule has 4 nitrogen and oxygen atoms in total. The standard InChI is InChI=1S/C21H21NO3S/c1-15-7-5-6-8-16(15)13-25-20(24)18-14-26-21(12-11-19(23)22(18)21)17-9-3-2-4-10-17/h2-10,18H,11-14H2,1H3/t18-,21-/m0/s1. The number of aryl methyl sites for hydroxylation is 1. The number of esters is 1. The fourth-order valence-electron chi connectivity index (χ4n) is 3.83. The van der Waals surface area contributed by atoms with E-state index >= 15 is 0 Å². The van der Waals surface area contributed by atoms with Gasteiger partial charge in [0, 0.05) is 12.2 Å². The van der Waals surface area contributed by atoms with Crippen LogP contribution in [0.15, 0.2) is 54.6 Å². The number of carbonyl (C=O) groups excluding carboxylic acids is 2. The summed E-state index contributed by atoms with van der Waals surface area (Å²) in [5, 5.41) is 0. The largest absolute Gasteiger partial charge is 0.459 e. The van der Waals surface area contributed by atoms with E-state index in [1.807, 2.05) is 61.5 Å². The highest BCUT2D eigenvalue weighted by Crippen LogP contribution is 2.54. The smallest absolute Gasteiger partial charge is 0.330 e. The molecule has 1 amide bonds. The fourth-order valence-corrected chi connectivity index (χ4v) is 5.47. The van der Waals surface area contributed by atoms with Crippen molar-refractivity contribution in [2.75, 3.05) is 5.75 Å². The van der Waals surface area contributed by atoms with Crippen molar-refractivity contribution in [3.05, 3.63) is 71.3 Å². The summed E-state index contributed by atoms with van der Waals surface area (Å²) in [4.78, 5) is 26.7. The molecule has 0 radical (unpaired) electrons. The molecule has 2 aliphatic heterocycles. The molecule has 26 heavy (non-hydrogen) atoms. The molecule has 0 unspecified atom stereocenters. The van der Waals surface area contributed by atoms with Gasteiger partial charge in [-0.3, -0.25) is 4.79 Å². The Morgan fingerprint density at radius 1 is 1.19 bits per heavy atom. The first-order valence-corrected chi connectivity index (χ1v) is 9.83. The van der Waals surface area contributed by atoms with Gasteiger partial charge in [0.15, 0.2) is 0 Å². The van der Waals surface area contributed by atoms with Gasteiger partial charge < -0.3 is 9.64 Å². The summed E-state index contributed by atoms with van der Waals surface area (Å²) >= 11 is 1.68. The Hall–Kier alpha value is -2.27. The number of hydrogen-bond donors (Lipinski definition) is 0. The molecule has 2 heterocycles. The van der Waals surface area contributed by atoms with Crippen molar-refractivity contribution in [2.24, 2.45) is 0 Å². The summed E-state index contributed by atoms with van der Waals surface area (Å²) in [6.07, 6.45) is 1.21. The Morgan fingerprint density at radius 2 is 1.92 bits per heavy atom. The molecule has 5 heteroatoms. The van der Waals surface area contributed by atoms with E-state index in [1.54, 1.807) is 16.7 Å². The molecule has 0 N–H and O–H groups in total. The number of amides is 1. The molecule has 0 saturated carbocycles. The average Bonchev–Trinajstić information content (AvgIpc) is 3.21. The zero-order valence-electron chi connectivity index (χ0n) is 14.7. The van der Waals surface area contributed by atoms with Crippen molar-refractivity contribution < 1.29 is 14.3 Å². The molecular formula is C21H21NO3S. The lowest BCUT2D eigenvalue weighted by molar-refractivity contribution is -0.155. The normalized spacial score (nSPS) is 24.6. The van der Waals surface area contributed by atoms with Crippen molar-refractivity contribution >= 4 is 23.6 Å². The zero-order chi connectivity index (χ0) is 18.1. The van der Waals surface area contributed by atoms with Crippen LogP contribution in [-0.2, 0) is 25.8 Å². The Bertz CT molecular complexity index is 838. The highest BCUT2D eigenvalue weighted by Gasteiger charge is 2.57. The van der Waals surface area contributed by atoms with Crippen LogP contribution in [0.5, 0.6) is 0 Å². The summed E-state index contributed by atoms with van der Waals surface area (Å²) in [5.74, 6) is 0.304. The molecule has 0 bridgehead atoms. The second-order valence-electron chi connectivity index (χ2n) is 6.78. The minimum atomic E-state index is -0.515. The van der Waals surface area contributed by atoms with E-state index in [4.69, 9.17) is 4.74 Å². The van der Waals surface area contributed by atoms with Crippen molar-refractivity contribution in [1.82, 2.24) is 4.90 Å². The van der Waals surface area contributed by atoms with Crippen LogP contribution in [0.3, 0.4) is 0 Å². The SMILES string of the molecule is Cc1ccccc1COC(=O)[C@@H]1CS[C@]2(c3ccccc3)CCC(=O)N12. The number of rotatable bonds is 4. The number of carbonyl (C=O) groups is 2. The van der Waals surface area contributed by atoms with Crippen molar-refractivity contribution in [2.45, 2.75) is 37.3 Å². The van der Waals surface area contributed by atoms with Gasteiger partial charge in [0.2, 0.25) is 5.91 Å². The van der Waals surface area contributed by atoms with Crippen molar-refractivity contribution in [1.29, 1.82) is 0 Å². The minimum absolute atomic E-state index is 0.0386. The minimum Gasteiger partial charge on any atom is -0.459 e. The van der Waals surface area contributed by atoms with Gasteiger partial charge >= 0.3 is 5.97 Å². The van der Waals surface area contributed by atoms with Crippen LogP contribution in [0.25, 0.3) is 0 Å². The summed E-state index contributed by atoms with van der Waals surface area (Å²) in [6.45, 7) is 2.24. The van der Waals surface area contributed by atoms with E-state index in [2.05, 4.69) is 0 Å². The van der Waals surface area contributed by atoms with Gasteiger partial charge in [-0.25, -0.2) is 4.79 Å². The van der Waals surface area contributed by atoms with Crippen LogP contribution < -0.4 is 0 Å². The Kier molecular flexibility index (Phi) is 4.49. The van der Waals surface area contributed by atoms with Crippen LogP contribution >= 0.6 is 11.8 Å². The maximum Gasteiger partial charge on any atom is 0.330 e. The first-order chi connectivity index (χ1) is 12.6. The molecule has 2 aliphatic rings. The van der Waals surface area contributed by atoms with Gasteiger partial charge in [0.25, 0.3) is 0 Å². The lowest BCUT2D eigenvalue weighted by atomic mass is 10.0. The van der Waals surface area contributed by atoms with Gasteiger partial charge in [0.1, 0.15) is 17.5 Å². The fraction of sp³-hybridized carbons (Fsp3) is 0.333. The second-order valence-corrected chi connectivity index (χ2v) is 8.07. The maximum atomic E-state index is 12.8. The van der Waals surface area contributed by atoms with E-state index in [1.165, 1.54) is 0 Å². The third kappa shape index (κ3) is 2.80. The predicted molar refractivity (Wildman–Crippen MR) is 101 cm³/mol. The maximum absolute atomic E-state index is 12.8. The zero-order valence-corrected chi connectivity index (χ0v) is 15.5. The summed E-state index contributed by atoms with van der Waals surface area (Å²) in [6, 6.07) is 17.4. The van der Waals surface area contributed by atoms with Crippen LogP contribution in [0.4, 0.5) is 0 Å². The molecule has 134 valence electrons. The first kappa shape index (κ1) is 17.2. The molecule has 2 aromatic carbocycles. The monoisotopic (exact) mass is 367 g/mol.